The molecule has 3 heteroatoms. The Bertz CT molecular complexity index is 3690. The lowest BCUT2D eigenvalue weighted by Gasteiger charge is -2.31. The molecular weight excluding hydrogens is 829 g/mol. The zero-order valence-corrected chi connectivity index (χ0v) is 37.5. The quantitative estimate of drug-likeness (QED) is 0.135. The average Bonchev–Trinajstić information content (AvgIpc) is 3.80. The van der Waals surface area contributed by atoms with Gasteiger partial charge in [-0.15, -0.1) is 11.3 Å². The maximum Gasteiger partial charge on any atom is 0.0640 e. The second kappa shape index (κ2) is 17.5. The summed E-state index contributed by atoms with van der Waals surface area (Å²) in [4.78, 5) is 4.91. The van der Waals surface area contributed by atoms with E-state index in [0.29, 0.717) is 0 Å². The van der Waals surface area contributed by atoms with Crippen molar-refractivity contribution in [2.45, 2.75) is 0 Å². The largest absolute Gasteiger partial charge is 0.310 e. The first-order valence-electron chi connectivity index (χ1n) is 22.8. The van der Waals surface area contributed by atoms with Gasteiger partial charge in [-0.3, -0.25) is 0 Å². The van der Waals surface area contributed by atoms with Crippen LogP contribution in [0, 0.1) is 0 Å². The predicted octanol–water partition coefficient (Wildman–Crippen LogP) is 18.8. The zero-order valence-electron chi connectivity index (χ0n) is 36.7. The molecule has 0 aliphatic heterocycles. The molecular formula is C64H44N2S. The topological polar surface area (TPSA) is 6.48 Å². The van der Waals surface area contributed by atoms with Crippen LogP contribution in [0.5, 0.6) is 0 Å². The molecule has 0 fully saturated rings. The molecule has 0 saturated carbocycles. The normalized spacial score (nSPS) is 11.3. The summed E-state index contributed by atoms with van der Waals surface area (Å²) < 4.78 is 2.53. The molecule has 0 amide bonds. The third-order valence-electron chi connectivity index (χ3n) is 12.8. The van der Waals surface area contributed by atoms with Crippen LogP contribution in [0.3, 0.4) is 0 Å². The fourth-order valence-corrected chi connectivity index (χ4v) is 10.8. The first kappa shape index (κ1) is 40.0. The van der Waals surface area contributed by atoms with Crippen LogP contribution in [0.15, 0.2) is 267 Å². The molecule has 0 aliphatic rings. The van der Waals surface area contributed by atoms with Gasteiger partial charge in [0.05, 0.1) is 21.8 Å². The van der Waals surface area contributed by atoms with Crippen LogP contribution in [0.25, 0.3) is 75.5 Å². The van der Waals surface area contributed by atoms with E-state index in [4.69, 9.17) is 0 Å². The number of anilines is 6. The molecule has 12 aromatic rings. The first-order valence-corrected chi connectivity index (χ1v) is 23.6. The number of hydrogen-bond donors (Lipinski definition) is 0. The Kier molecular flexibility index (Phi) is 10.4. The van der Waals surface area contributed by atoms with E-state index >= 15 is 0 Å². The third kappa shape index (κ3) is 7.62. The molecule has 0 atom stereocenters. The number of thiophene rings is 1. The summed E-state index contributed by atoms with van der Waals surface area (Å²) in [7, 11) is 0. The summed E-state index contributed by atoms with van der Waals surface area (Å²) in [5, 5.41) is 4.92. The van der Waals surface area contributed by atoms with Gasteiger partial charge in [-0.05, 0) is 111 Å². The van der Waals surface area contributed by atoms with Crippen molar-refractivity contribution in [2.24, 2.45) is 0 Å². The van der Waals surface area contributed by atoms with Crippen molar-refractivity contribution in [1.29, 1.82) is 0 Å². The lowest BCUT2D eigenvalue weighted by atomic mass is 9.97. The minimum Gasteiger partial charge on any atom is -0.310 e. The van der Waals surface area contributed by atoms with E-state index in [1.54, 1.807) is 0 Å². The summed E-state index contributed by atoms with van der Waals surface area (Å²) in [5.74, 6) is 0. The number of nitrogens with zero attached hydrogens (tertiary/aromatic N) is 2. The highest BCUT2D eigenvalue weighted by Gasteiger charge is 2.24. The van der Waals surface area contributed by atoms with Gasteiger partial charge >= 0.3 is 0 Å². The van der Waals surface area contributed by atoms with Crippen LogP contribution < -0.4 is 9.80 Å². The van der Waals surface area contributed by atoms with E-state index in [1.807, 2.05) is 11.3 Å². The van der Waals surface area contributed by atoms with Crippen molar-refractivity contribution in [2.75, 3.05) is 9.80 Å². The van der Waals surface area contributed by atoms with Crippen LogP contribution in [0.1, 0.15) is 0 Å². The maximum atomic E-state index is 2.48. The highest BCUT2D eigenvalue weighted by Crippen LogP contribution is 2.50. The average molecular weight is 873 g/mol. The van der Waals surface area contributed by atoms with E-state index < -0.39 is 0 Å². The van der Waals surface area contributed by atoms with Gasteiger partial charge in [0.1, 0.15) is 0 Å². The predicted molar refractivity (Wildman–Crippen MR) is 288 cm³/mol. The number of fused-ring (bicyclic) bond motifs is 4. The molecule has 1 aromatic heterocycles. The highest BCUT2D eigenvalue weighted by molar-refractivity contribution is 7.26. The van der Waals surface area contributed by atoms with Gasteiger partial charge in [0, 0.05) is 43.7 Å². The maximum absolute atomic E-state index is 2.48. The van der Waals surface area contributed by atoms with Crippen LogP contribution >= 0.6 is 11.3 Å². The van der Waals surface area contributed by atoms with Crippen molar-refractivity contribution < 1.29 is 0 Å². The van der Waals surface area contributed by atoms with Gasteiger partial charge in [-0.2, -0.15) is 0 Å². The summed E-state index contributed by atoms with van der Waals surface area (Å²) in [6.07, 6.45) is 0. The molecule has 11 aromatic carbocycles. The SMILES string of the molecule is c1ccc(-c2ccc(N(c3ccc4cc(-c5ccccc5)ccc4c3)c3ccccc3-c3ccccc3N(c3cccc(-c4ccccc4)c3)c3cccc4c3sc3ccccc34)cc2)cc1. The van der Waals surface area contributed by atoms with Crippen LogP contribution in [-0.4, -0.2) is 0 Å². The lowest BCUT2D eigenvalue weighted by Crippen LogP contribution is -2.14. The van der Waals surface area contributed by atoms with Crippen LogP contribution in [0.4, 0.5) is 34.1 Å². The van der Waals surface area contributed by atoms with Crippen LogP contribution in [0.2, 0.25) is 0 Å². The molecule has 1 heterocycles. The van der Waals surface area contributed by atoms with Gasteiger partial charge in [0.25, 0.3) is 0 Å². The van der Waals surface area contributed by atoms with Crippen molar-refractivity contribution >= 4 is 76.4 Å². The zero-order chi connectivity index (χ0) is 44.5. The third-order valence-corrected chi connectivity index (χ3v) is 14.0. The minimum absolute atomic E-state index is 1.08. The summed E-state index contributed by atoms with van der Waals surface area (Å²) in [6, 6.07) is 97.0. The Morgan fingerprint density at radius 3 is 1.40 bits per heavy atom. The van der Waals surface area contributed by atoms with E-state index in [9.17, 15) is 0 Å². The van der Waals surface area contributed by atoms with Gasteiger partial charge in [-0.1, -0.05) is 200 Å². The molecule has 0 unspecified atom stereocenters. The summed E-state index contributed by atoms with van der Waals surface area (Å²) in [6.45, 7) is 0. The molecule has 67 heavy (non-hydrogen) atoms. The van der Waals surface area contributed by atoms with Crippen molar-refractivity contribution in [3.63, 3.8) is 0 Å². The van der Waals surface area contributed by atoms with Gasteiger partial charge in [0.15, 0.2) is 0 Å². The molecule has 316 valence electrons. The fourth-order valence-electron chi connectivity index (χ4n) is 9.61. The van der Waals surface area contributed by atoms with Gasteiger partial charge < -0.3 is 9.80 Å². The fraction of sp³-hybridized carbons (Fsp3) is 0. The van der Waals surface area contributed by atoms with Gasteiger partial charge in [0.2, 0.25) is 0 Å². The highest BCUT2D eigenvalue weighted by atomic mass is 32.1. The Morgan fingerprint density at radius 1 is 0.254 bits per heavy atom. The molecule has 0 spiro atoms. The molecule has 12 rings (SSSR count). The number of hydrogen-bond acceptors (Lipinski definition) is 3. The lowest BCUT2D eigenvalue weighted by molar-refractivity contribution is 1.27. The summed E-state index contributed by atoms with van der Waals surface area (Å²) in [5.41, 5.74) is 16.0. The Balaban J connectivity index is 1.06. The van der Waals surface area contributed by atoms with Crippen molar-refractivity contribution in [3.8, 4) is 44.5 Å². The van der Waals surface area contributed by atoms with Crippen LogP contribution in [-0.2, 0) is 0 Å². The molecule has 0 aliphatic carbocycles. The second-order valence-electron chi connectivity index (χ2n) is 16.9. The minimum atomic E-state index is 1.08. The smallest absolute Gasteiger partial charge is 0.0640 e. The number of para-hydroxylation sites is 2. The Morgan fingerprint density at radius 2 is 0.701 bits per heavy atom. The van der Waals surface area contributed by atoms with E-state index in [2.05, 4.69) is 277 Å². The molecule has 0 bridgehead atoms. The molecule has 0 radical (unpaired) electrons. The number of benzene rings is 11. The summed E-state index contributed by atoms with van der Waals surface area (Å²) >= 11 is 1.86. The van der Waals surface area contributed by atoms with E-state index in [-0.39, 0.29) is 0 Å². The number of rotatable bonds is 10. The Hall–Kier alpha value is -8.50. The van der Waals surface area contributed by atoms with E-state index in [1.165, 1.54) is 64.3 Å². The monoisotopic (exact) mass is 872 g/mol. The van der Waals surface area contributed by atoms with E-state index in [0.717, 1.165) is 45.3 Å². The first-order chi connectivity index (χ1) is 33.2. The van der Waals surface area contributed by atoms with Crippen molar-refractivity contribution in [3.05, 3.63) is 267 Å². The van der Waals surface area contributed by atoms with Crippen molar-refractivity contribution in [1.82, 2.24) is 0 Å². The second-order valence-corrected chi connectivity index (χ2v) is 18.0. The standard InChI is InChI=1S/C64H44N2S/c1-4-18-45(19-5-1)48-36-39-53(40-37-48)65(55-41-38-51-42-50(34-35-52(51)44-55)47-22-8-3-9-23-47)60-30-13-10-26-56(60)57-27-11-14-31-61(57)66(54-25-16-24-49(43-54)46-20-6-2-7-21-46)62-32-17-29-59-58-28-12-15-33-63(58)67-64(59)62/h1-44H. The Labute approximate surface area is 395 Å². The van der Waals surface area contributed by atoms with Gasteiger partial charge in [-0.25, -0.2) is 0 Å². The molecule has 0 saturated heterocycles. The molecule has 2 nitrogen and oxygen atoms in total. The molecule has 0 N–H and O–H groups in total.